The number of benzene rings is 1. The quantitative estimate of drug-likeness (QED) is 0.836. The number of nitrogens with two attached hydrogens (primary N) is 1. The van der Waals surface area contributed by atoms with Crippen molar-refractivity contribution < 1.29 is 4.79 Å². The summed E-state index contributed by atoms with van der Waals surface area (Å²) in [5.41, 5.74) is 7.39. The van der Waals surface area contributed by atoms with Crippen LogP contribution in [0.4, 0.5) is 0 Å². The van der Waals surface area contributed by atoms with E-state index in [4.69, 9.17) is 18.0 Å². The van der Waals surface area contributed by atoms with Crippen molar-refractivity contribution in [1.29, 1.82) is 0 Å². The molecule has 0 heterocycles. The number of nitrogens with zero attached hydrogens (tertiary/aromatic N) is 1. The molecule has 3 nitrogen and oxygen atoms in total. The van der Waals surface area contributed by atoms with Crippen molar-refractivity contribution >= 4 is 39.0 Å². The number of amides is 1. The number of aryl methyl sites for hydroxylation is 1. The highest BCUT2D eigenvalue weighted by Gasteiger charge is 2.19. The van der Waals surface area contributed by atoms with E-state index >= 15 is 0 Å². The summed E-state index contributed by atoms with van der Waals surface area (Å²) in [5.74, 6) is 0.0144. The van der Waals surface area contributed by atoms with E-state index in [9.17, 15) is 4.79 Å². The van der Waals surface area contributed by atoms with E-state index in [2.05, 4.69) is 15.9 Å². The van der Waals surface area contributed by atoms with Gasteiger partial charge in [0.2, 0.25) is 0 Å². The van der Waals surface area contributed by atoms with Crippen LogP contribution in [-0.4, -0.2) is 28.9 Å². The third kappa shape index (κ3) is 4.28. The zero-order valence-electron chi connectivity index (χ0n) is 11.4. The number of carbonyl (C=O) groups excluding carboxylic acids is 1. The van der Waals surface area contributed by atoms with Crippen LogP contribution in [-0.2, 0) is 0 Å². The average Bonchev–Trinajstić information content (AvgIpc) is 2.34. The second kappa shape index (κ2) is 7.01. The van der Waals surface area contributed by atoms with E-state index in [1.54, 1.807) is 4.90 Å². The Morgan fingerprint density at radius 3 is 2.63 bits per heavy atom. The molecule has 1 atom stereocenters. The van der Waals surface area contributed by atoms with Crippen LogP contribution < -0.4 is 5.73 Å². The Hall–Kier alpha value is -0.940. The molecule has 1 amide bonds. The fourth-order valence-electron chi connectivity index (χ4n) is 1.74. The fourth-order valence-corrected chi connectivity index (χ4v) is 2.48. The molecule has 0 saturated carbocycles. The van der Waals surface area contributed by atoms with Gasteiger partial charge in [-0.25, -0.2) is 0 Å². The smallest absolute Gasteiger partial charge is 0.255 e. The lowest BCUT2D eigenvalue weighted by Crippen LogP contribution is -2.38. The topological polar surface area (TPSA) is 46.3 Å². The first-order valence-electron chi connectivity index (χ1n) is 6.21. The molecular weight excluding hydrogens is 324 g/mol. The number of hydrogen-bond donors (Lipinski definition) is 1. The van der Waals surface area contributed by atoms with Crippen molar-refractivity contribution in [1.82, 2.24) is 4.90 Å². The van der Waals surface area contributed by atoms with E-state index in [1.165, 1.54) is 0 Å². The first-order chi connectivity index (χ1) is 8.86. The van der Waals surface area contributed by atoms with Crippen LogP contribution in [0.1, 0.15) is 29.8 Å². The van der Waals surface area contributed by atoms with Gasteiger partial charge in [-0.15, -0.1) is 0 Å². The Kier molecular flexibility index (Phi) is 5.94. The molecule has 1 unspecified atom stereocenters. The summed E-state index contributed by atoms with van der Waals surface area (Å²) in [6.45, 7) is 7.05. The van der Waals surface area contributed by atoms with Gasteiger partial charge in [0.1, 0.15) is 0 Å². The van der Waals surface area contributed by atoms with Gasteiger partial charge >= 0.3 is 0 Å². The number of rotatable bonds is 5. The molecule has 1 aromatic rings. The van der Waals surface area contributed by atoms with Gasteiger partial charge in [0.05, 0.1) is 10.6 Å². The molecular formula is C14H19BrN2OS. The lowest BCUT2D eigenvalue weighted by molar-refractivity contribution is 0.0754. The van der Waals surface area contributed by atoms with Crippen LogP contribution in [0, 0.1) is 12.8 Å². The van der Waals surface area contributed by atoms with Gasteiger partial charge in [-0.05, 0) is 47.5 Å². The van der Waals surface area contributed by atoms with Crippen LogP contribution in [0.25, 0.3) is 0 Å². The maximum absolute atomic E-state index is 12.5. The molecule has 0 aliphatic heterocycles. The molecule has 0 saturated heterocycles. The summed E-state index contributed by atoms with van der Waals surface area (Å²) in [6, 6.07) is 5.72. The van der Waals surface area contributed by atoms with Crippen molar-refractivity contribution in [2.75, 3.05) is 13.1 Å². The van der Waals surface area contributed by atoms with Gasteiger partial charge in [-0.2, -0.15) is 0 Å². The fraction of sp³-hybridized carbons (Fsp3) is 0.429. The van der Waals surface area contributed by atoms with Crippen LogP contribution >= 0.6 is 28.1 Å². The van der Waals surface area contributed by atoms with Crippen molar-refractivity contribution in [2.45, 2.75) is 20.8 Å². The monoisotopic (exact) mass is 342 g/mol. The van der Waals surface area contributed by atoms with Gasteiger partial charge in [-0.3, -0.25) is 4.79 Å². The van der Waals surface area contributed by atoms with Gasteiger partial charge in [0, 0.05) is 23.5 Å². The highest BCUT2D eigenvalue weighted by atomic mass is 79.9. The van der Waals surface area contributed by atoms with E-state index in [1.807, 2.05) is 39.0 Å². The Bertz CT molecular complexity index is 490. The van der Waals surface area contributed by atoms with E-state index in [0.29, 0.717) is 23.6 Å². The predicted octanol–water partition coefficient (Wildman–Crippen LogP) is 3.14. The first-order valence-corrected chi connectivity index (χ1v) is 7.41. The molecule has 104 valence electrons. The maximum Gasteiger partial charge on any atom is 0.255 e. The SMILES string of the molecule is CCN(CC(C)C(N)=S)C(=O)c1ccc(C)cc1Br. The molecule has 0 fully saturated rings. The molecule has 1 rings (SSSR count). The Balaban J connectivity index is 2.92. The summed E-state index contributed by atoms with van der Waals surface area (Å²) >= 11 is 8.40. The summed E-state index contributed by atoms with van der Waals surface area (Å²) in [6.07, 6.45) is 0. The number of thiocarbonyl (C=S) groups is 1. The molecule has 0 spiro atoms. The number of carbonyl (C=O) groups is 1. The molecule has 0 bridgehead atoms. The van der Waals surface area contributed by atoms with Gasteiger partial charge < -0.3 is 10.6 Å². The molecule has 0 aliphatic carbocycles. The number of halogens is 1. The minimum Gasteiger partial charge on any atom is -0.393 e. The first kappa shape index (κ1) is 16.1. The van der Waals surface area contributed by atoms with Crippen molar-refractivity contribution in [3.05, 3.63) is 33.8 Å². The van der Waals surface area contributed by atoms with E-state index in [0.717, 1.165) is 10.0 Å². The predicted molar refractivity (Wildman–Crippen MR) is 86.4 cm³/mol. The third-order valence-corrected chi connectivity index (χ3v) is 4.06. The second-order valence-corrected chi connectivity index (χ2v) is 5.96. The summed E-state index contributed by atoms with van der Waals surface area (Å²) in [5, 5.41) is 0. The Labute approximate surface area is 128 Å². The normalized spacial score (nSPS) is 12.0. The van der Waals surface area contributed by atoms with Crippen LogP contribution in [0.3, 0.4) is 0 Å². The van der Waals surface area contributed by atoms with Crippen LogP contribution in [0.5, 0.6) is 0 Å². The van der Waals surface area contributed by atoms with Gasteiger partial charge in [0.25, 0.3) is 5.91 Å². The minimum absolute atomic E-state index is 0.00234. The largest absolute Gasteiger partial charge is 0.393 e. The molecule has 0 radical (unpaired) electrons. The maximum atomic E-state index is 12.5. The third-order valence-electron chi connectivity index (χ3n) is 3.00. The highest BCUT2D eigenvalue weighted by molar-refractivity contribution is 9.10. The molecule has 2 N–H and O–H groups in total. The Morgan fingerprint density at radius 2 is 2.16 bits per heavy atom. The zero-order chi connectivity index (χ0) is 14.6. The molecule has 5 heteroatoms. The van der Waals surface area contributed by atoms with Crippen LogP contribution in [0.15, 0.2) is 22.7 Å². The second-order valence-electron chi connectivity index (χ2n) is 4.63. The summed E-state index contributed by atoms with van der Waals surface area (Å²) < 4.78 is 0.818. The van der Waals surface area contributed by atoms with Crippen molar-refractivity contribution in [3.8, 4) is 0 Å². The average molecular weight is 343 g/mol. The standard InChI is InChI=1S/C14H19BrN2OS/c1-4-17(8-10(3)13(16)19)14(18)11-6-5-9(2)7-12(11)15/h5-7,10H,4,8H2,1-3H3,(H2,16,19). The van der Waals surface area contributed by atoms with Crippen LogP contribution in [0.2, 0.25) is 0 Å². The summed E-state index contributed by atoms with van der Waals surface area (Å²) in [7, 11) is 0. The minimum atomic E-state index is -0.00234. The molecule has 19 heavy (non-hydrogen) atoms. The number of hydrogen-bond acceptors (Lipinski definition) is 2. The van der Waals surface area contributed by atoms with Crippen molar-refractivity contribution in [3.63, 3.8) is 0 Å². The van der Waals surface area contributed by atoms with Gasteiger partial charge in [-0.1, -0.05) is 25.2 Å². The van der Waals surface area contributed by atoms with Gasteiger partial charge in [0.15, 0.2) is 0 Å². The van der Waals surface area contributed by atoms with E-state index in [-0.39, 0.29) is 11.8 Å². The Morgan fingerprint density at radius 1 is 1.53 bits per heavy atom. The molecule has 1 aromatic carbocycles. The van der Waals surface area contributed by atoms with Crippen molar-refractivity contribution in [2.24, 2.45) is 11.7 Å². The molecule has 0 aromatic heterocycles. The summed E-state index contributed by atoms with van der Waals surface area (Å²) in [4.78, 5) is 14.7. The molecule has 0 aliphatic rings. The highest BCUT2D eigenvalue weighted by Crippen LogP contribution is 2.20. The van der Waals surface area contributed by atoms with E-state index < -0.39 is 0 Å². The lowest BCUT2D eigenvalue weighted by Gasteiger charge is -2.24. The lowest BCUT2D eigenvalue weighted by atomic mass is 10.1. The zero-order valence-corrected chi connectivity index (χ0v) is 13.8.